The quantitative estimate of drug-likeness (QED) is 0.128. The number of hydrogen-bond donors (Lipinski definition) is 5. The van der Waals surface area contributed by atoms with Gasteiger partial charge in [-0.25, -0.2) is 18.6 Å². The highest BCUT2D eigenvalue weighted by molar-refractivity contribution is 7.86. The van der Waals surface area contributed by atoms with Crippen LogP contribution in [0.3, 0.4) is 0 Å². The Hall–Kier alpha value is -5.25. The van der Waals surface area contributed by atoms with Crippen LogP contribution in [0.25, 0.3) is 22.4 Å². The molecule has 5 rings (SSSR count). The average Bonchev–Trinajstić information content (AvgIpc) is 3.46. The summed E-state index contributed by atoms with van der Waals surface area (Å²) >= 11 is 0. The standard InChI is InChI=1S/C30H27F4N7O4S/c1-3-41(46(45)19-7-5-4-6-8-19)22-10-9-18(42)11-17(22)15-36-27-24-25(29(44)35-2)39-40-28(24)38-26(37-27)20-13-21(31)23(43)12-16(20)14-30(32,33)34/h4-13,42-43H,3,14-15H2,1-2H3,(H,35,44)(H2,36,37,38,39,40). The lowest BCUT2D eigenvalue weighted by molar-refractivity contribution is -0.127. The van der Waals surface area contributed by atoms with E-state index in [-0.39, 0.29) is 46.2 Å². The van der Waals surface area contributed by atoms with Crippen molar-refractivity contribution >= 4 is 39.4 Å². The highest BCUT2D eigenvalue weighted by Gasteiger charge is 2.31. The first-order chi connectivity index (χ1) is 21.9. The maximum atomic E-state index is 14.5. The Morgan fingerprint density at radius 1 is 1.04 bits per heavy atom. The predicted octanol–water partition coefficient (Wildman–Crippen LogP) is 5.20. The van der Waals surface area contributed by atoms with Crippen LogP contribution in [0.1, 0.15) is 28.5 Å². The minimum atomic E-state index is -4.71. The first kappa shape index (κ1) is 32.2. The Bertz CT molecular complexity index is 1940. The van der Waals surface area contributed by atoms with Crippen molar-refractivity contribution in [3.05, 3.63) is 83.3 Å². The van der Waals surface area contributed by atoms with E-state index in [9.17, 15) is 36.8 Å². The van der Waals surface area contributed by atoms with E-state index in [1.54, 1.807) is 40.7 Å². The fourth-order valence-electron chi connectivity index (χ4n) is 4.81. The number of carbonyl (C=O) groups excluding carboxylic acids is 1. The number of benzene rings is 3. The molecule has 5 aromatic rings. The molecule has 2 aromatic heterocycles. The lowest BCUT2D eigenvalue weighted by atomic mass is 10.0. The van der Waals surface area contributed by atoms with Gasteiger partial charge in [0.15, 0.2) is 34.0 Å². The number of phenols is 2. The van der Waals surface area contributed by atoms with Crippen molar-refractivity contribution in [2.24, 2.45) is 0 Å². The molecule has 0 radical (unpaired) electrons. The molecule has 0 aliphatic carbocycles. The van der Waals surface area contributed by atoms with E-state index >= 15 is 0 Å². The molecular weight excluding hydrogens is 630 g/mol. The fourth-order valence-corrected chi connectivity index (χ4v) is 6.05. The number of fused-ring (bicyclic) bond motifs is 1. The number of rotatable bonds is 10. The van der Waals surface area contributed by atoms with Gasteiger partial charge in [0.2, 0.25) is 0 Å². The fraction of sp³-hybridized carbons (Fsp3) is 0.200. The number of aromatic amines is 1. The van der Waals surface area contributed by atoms with Crippen LogP contribution in [-0.4, -0.2) is 60.3 Å². The second-order valence-corrected chi connectivity index (χ2v) is 11.4. The minimum absolute atomic E-state index is 0.0553. The number of aromatic hydroxyl groups is 2. The van der Waals surface area contributed by atoms with Crippen molar-refractivity contribution in [2.45, 2.75) is 31.0 Å². The van der Waals surface area contributed by atoms with Crippen molar-refractivity contribution in [3.63, 3.8) is 0 Å². The zero-order chi connectivity index (χ0) is 33.2. The molecule has 1 atom stereocenters. The highest BCUT2D eigenvalue weighted by atomic mass is 32.2. The largest absolute Gasteiger partial charge is 0.508 e. The molecule has 1 amide bonds. The number of anilines is 2. The summed E-state index contributed by atoms with van der Waals surface area (Å²) in [6, 6.07) is 14.6. The predicted molar refractivity (Wildman–Crippen MR) is 163 cm³/mol. The summed E-state index contributed by atoms with van der Waals surface area (Å²) in [5, 5.41) is 32.3. The first-order valence-electron chi connectivity index (χ1n) is 13.8. The van der Waals surface area contributed by atoms with Crippen LogP contribution < -0.4 is 14.9 Å². The van der Waals surface area contributed by atoms with E-state index in [0.29, 0.717) is 34.8 Å². The molecule has 5 N–H and O–H groups in total. The van der Waals surface area contributed by atoms with E-state index in [1.165, 1.54) is 19.2 Å². The van der Waals surface area contributed by atoms with E-state index in [0.717, 1.165) is 0 Å². The van der Waals surface area contributed by atoms with Crippen LogP contribution in [0.4, 0.5) is 29.1 Å². The van der Waals surface area contributed by atoms with Crippen LogP contribution >= 0.6 is 0 Å². The van der Waals surface area contributed by atoms with Crippen molar-refractivity contribution in [1.82, 2.24) is 25.5 Å². The number of carbonyl (C=O) groups is 1. The third-order valence-electron chi connectivity index (χ3n) is 6.88. The number of alkyl halides is 3. The molecule has 11 nitrogen and oxygen atoms in total. The van der Waals surface area contributed by atoms with E-state index in [1.807, 2.05) is 6.92 Å². The Morgan fingerprint density at radius 2 is 1.78 bits per heavy atom. The van der Waals surface area contributed by atoms with Gasteiger partial charge in [-0.05, 0) is 60.5 Å². The lowest BCUT2D eigenvalue weighted by Crippen LogP contribution is -2.27. The van der Waals surface area contributed by atoms with Crippen LogP contribution in [0.5, 0.6) is 11.5 Å². The number of halogens is 4. The Labute approximate surface area is 261 Å². The minimum Gasteiger partial charge on any atom is -0.508 e. The molecule has 3 aromatic carbocycles. The van der Waals surface area contributed by atoms with Gasteiger partial charge in [-0.2, -0.15) is 18.3 Å². The number of nitrogens with one attached hydrogen (secondary N) is 3. The zero-order valence-corrected chi connectivity index (χ0v) is 25.1. The van der Waals surface area contributed by atoms with Gasteiger partial charge in [0.25, 0.3) is 5.91 Å². The van der Waals surface area contributed by atoms with Crippen molar-refractivity contribution < 1.29 is 36.8 Å². The summed E-state index contributed by atoms with van der Waals surface area (Å²) in [4.78, 5) is 21.8. The van der Waals surface area contributed by atoms with Gasteiger partial charge in [0.1, 0.15) is 17.3 Å². The van der Waals surface area contributed by atoms with E-state index < -0.39 is 46.6 Å². The monoisotopic (exact) mass is 657 g/mol. The van der Waals surface area contributed by atoms with Gasteiger partial charge in [-0.1, -0.05) is 18.2 Å². The van der Waals surface area contributed by atoms with Crippen molar-refractivity contribution in [1.29, 1.82) is 0 Å². The zero-order valence-electron chi connectivity index (χ0n) is 24.3. The van der Waals surface area contributed by atoms with Crippen molar-refractivity contribution in [3.8, 4) is 22.9 Å². The molecule has 240 valence electrons. The second kappa shape index (κ2) is 13.0. The number of nitrogens with zero attached hydrogens (tertiary/aromatic N) is 4. The molecule has 1 unspecified atom stereocenters. The SMILES string of the molecule is CCN(c1ccc(O)cc1CNc1nc(-c2cc(F)c(O)cc2CC(F)(F)F)nc2n[nH]c(C(=O)NC)c12)S(=O)c1ccccc1. The number of aromatic nitrogens is 4. The average molecular weight is 658 g/mol. The van der Waals surface area contributed by atoms with Crippen molar-refractivity contribution in [2.75, 3.05) is 23.2 Å². The Balaban J connectivity index is 1.62. The summed E-state index contributed by atoms with van der Waals surface area (Å²) in [6.07, 6.45) is -6.22. The molecule has 0 saturated carbocycles. The van der Waals surface area contributed by atoms with E-state index in [4.69, 9.17) is 0 Å². The molecular formula is C30H27F4N7O4S. The molecule has 0 fully saturated rings. The number of amides is 1. The molecule has 16 heteroatoms. The topological polar surface area (TPSA) is 156 Å². The molecule has 2 heterocycles. The number of phenolic OH excluding ortho intramolecular Hbond substituents is 2. The normalized spacial score (nSPS) is 12.2. The molecule has 0 bridgehead atoms. The summed E-state index contributed by atoms with van der Waals surface area (Å²) in [5.74, 6) is -3.28. The molecule has 0 spiro atoms. The van der Waals surface area contributed by atoms with Crippen LogP contribution in [-0.2, 0) is 24.0 Å². The maximum absolute atomic E-state index is 14.5. The second-order valence-electron chi connectivity index (χ2n) is 9.95. The molecule has 46 heavy (non-hydrogen) atoms. The van der Waals surface area contributed by atoms with Crippen LogP contribution in [0.2, 0.25) is 0 Å². The smallest absolute Gasteiger partial charge is 0.393 e. The summed E-state index contributed by atoms with van der Waals surface area (Å²) in [5.41, 5.74) is -0.0683. The lowest BCUT2D eigenvalue weighted by Gasteiger charge is -2.25. The summed E-state index contributed by atoms with van der Waals surface area (Å²) in [6.45, 7) is 2.04. The maximum Gasteiger partial charge on any atom is 0.393 e. The van der Waals surface area contributed by atoms with Gasteiger partial charge < -0.3 is 20.8 Å². The third-order valence-corrected chi connectivity index (χ3v) is 8.41. The molecule has 0 aliphatic heterocycles. The van der Waals surface area contributed by atoms with Gasteiger partial charge in [0, 0.05) is 25.7 Å². The number of hydrogen-bond acceptors (Lipinski definition) is 8. The third kappa shape index (κ3) is 6.71. The molecule has 0 saturated heterocycles. The Kier molecular flexibility index (Phi) is 9.09. The van der Waals surface area contributed by atoms with Gasteiger partial charge in [-0.3, -0.25) is 14.2 Å². The van der Waals surface area contributed by atoms with E-state index in [2.05, 4.69) is 30.8 Å². The highest BCUT2D eigenvalue weighted by Crippen LogP contribution is 2.35. The van der Waals surface area contributed by atoms with Gasteiger partial charge >= 0.3 is 6.18 Å². The van der Waals surface area contributed by atoms with Crippen LogP contribution in [0.15, 0.2) is 65.6 Å². The molecule has 0 aliphatic rings. The number of H-pyrrole nitrogens is 1. The van der Waals surface area contributed by atoms with Gasteiger partial charge in [-0.15, -0.1) is 0 Å². The summed E-state index contributed by atoms with van der Waals surface area (Å²) < 4.78 is 69.9. The first-order valence-corrected chi connectivity index (χ1v) is 14.9. The Morgan fingerprint density at radius 3 is 2.46 bits per heavy atom. The van der Waals surface area contributed by atoms with Gasteiger partial charge in [0.05, 0.1) is 22.4 Å². The summed E-state index contributed by atoms with van der Waals surface area (Å²) in [7, 11) is -0.245. The van der Waals surface area contributed by atoms with Crippen LogP contribution in [0, 0.1) is 5.82 Å².